The maximum Gasteiger partial charge on any atom is 0.0593 e. The molecule has 2 atom stereocenters. The van der Waals surface area contributed by atoms with Crippen molar-refractivity contribution in [2.75, 3.05) is 13.1 Å². The monoisotopic (exact) mass is 282 g/mol. The molecule has 0 radical (unpaired) electrons. The third kappa shape index (κ3) is 4.90. The lowest BCUT2D eigenvalue weighted by Gasteiger charge is -2.36. The maximum absolute atomic E-state index is 6.31. The Morgan fingerprint density at radius 2 is 1.63 bits per heavy atom. The van der Waals surface area contributed by atoms with Crippen molar-refractivity contribution in [3.63, 3.8) is 0 Å². The summed E-state index contributed by atoms with van der Waals surface area (Å²) in [6.07, 6.45) is 0. The highest BCUT2D eigenvalue weighted by molar-refractivity contribution is 7.10. The average molecular weight is 282 g/mol. The van der Waals surface area contributed by atoms with Gasteiger partial charge in [-0.05, 0) is 42.7 Å². The van der Waals surface area contributed by atoms with Gasteiger partial charge in [-0.2, -0.15) is 0 Å². The van der Waals surface area contributed by atoms with Gasteiger partial charge in [-0.25, -0.2) is 0 Å². The Labute approximate surface area is 123 Å². The quantitative estimate of drug-likeness (QED) is 0.817. The highest BCUT2D eigenvalue weighted by atomic mass is 32.1. The van der Waals surface area contributed by atoms with E-state index >= 15 is 0 Å². The molecule has 0 aliphatic heterocycles. The minimum absolute atomic E-state index is 0.162. The first-order valence-corrected chi connectivity index (χ1v) is 8.24. The van der Waals surface area contributed by atoms with E-state index in [1.54, 1.807) is 0 Å². The molecule has 0 spiro atoms. The fourth-order valence-electron chi connectivity index (χ4n) is 2.66. The van der Waals surface area contributed by atoms with Gasteiger partial charge in [-0.1, -0.05) is 27.7 Å². The zero-order valence-electron chi connectivity index (χ0n) is 13.3. The third-order valence-corrected chi connectivity index (χ3v) is 4.35. The second kappa shape index (κ2) is 7.41. The van der Waals surface area contributed by atoms with Crippen LogP contribution in [0.3, 0.4) is 0 Å². The summed E-state index contributed by atoms with van der Waals surface area (Å²) in [4.78, 5) is 4.02. The van der Waals surface area contributed by atoms with Gasteiger partial charge in [0.1, 0.15) is 0 Å². The summed E-state index contributed by atoms with van der Waals surface area (Å²) in [7, 11) is 0. The number of hydrogen-bond donors (Lipinski definition) is 1. The lowest BCUT2D eigenvalue weighted by molar-refractivity contribution is 0.142. The molecule has 0 saturated heterocycles. The third-order valence-electron chi connectivity index (χ3n) is 3.26. The summed E-state index contributed by atoms with van der Waals surface area (Å²) in [5, 5.41) is 2.18. The lowest BCUT2D eigenvalue weighted by Crippen LogP contribution is -2.42. The molecule has 1 rings (SSSR count). The van der Waals surface area contributed by atoms with Gasteiger partial charge < -0.3 is 5.73 Å². The van der Waals surface area contributed by atoms with Gasteiger partial charge in [0.15, 0.2) is 0 Å². The molecule has 19 heavy (non-hydrogen) atoms. The van der Waals surface area contributed by atoms with E-state index in [9.17, 15) is 0 Å². The van der Waals surface area contributed by atoms with Crippen molar-refractivity contribution >= 4 is 11.3 Å². The molecule has 2 unspecified atom stereocenters. The maximum atomic E-state index is 6.31. The smallest absolute Gasteiger partial charge is 0.0593 e. The SMILES string of the molecule is Cc1ccsc1C(C(C)N)N(CC(C)C)CC(C)C. The summed E-state index contributed by atoms with van der Waals surface area (Å²) in [5.74, 6) is 1.33. The second-order valence-electron chi connectivity index (χ2n) is 6.51. The van der Waals surface area contributed by atoms with Crippen LogP contribution in [-0.4, -0.2) is 24.0 Å². The van der Waals surface area contributed by atoms with E-state index in [2.05, 4.69) is 57.9 Å². The first-order chi connectivity index (χ1) is 8.82. The minimum Gasteiger partial charge on any atom is -0.326 e. The van der Waals surface area contributed by atoms with Crippen LogP contribution in [0.1, 0.15) is 51.1 Å². The van der Waals surface area contributed by atoms with Gasteiger partial charge in [0, 0.05) is 24.0 Å². The van der Waals surface area contributed by atoms with Crippen molar-refractivity contribution in [3.8, 4) is 0 Å². The van der Waals surface area contributed by atoms with E-state index < -0.39 is 0 Å². The van der Waals surface area contributed by atoms with Gasteiger partial charge in [-0.15, -0.1) is 11.3 Å². The van der Waals surface area contributed by atoms with Crippen LogP contribution in [0.2, 0.25) is 0 Å². The molecule has 0 aliphatic carbocycles. The van der Waals surface area contributed by atoms with Crippen LogP contribution >= 0.6 is 11.3 Å². The Hall–Kier alpha value is -0.380. The standard InChI is InChI=1S/C16H30N2S/c1-11(2)9-18(10-12(3)4)15(14(6)17)16-13(5)7-8-19-16/h7-8,11-12,14-15H,9-10,17H2,1-6H3. The van der Waals surface area contributed by atoms with Gasteiger partial charge in [0.05, 0.1) is 6.04 Å². The molecular weight excluding hydrogens is 252 g/mol. The molecule has 3 heteroatoms. The Kier molecular flexibility index (Phi) is 6.51. The molecule has 0 fully saturated rings. The minimum atomic E-state index is 0.162. The zero-order chi connectivity index (χ0) is 14.6. The first kappa shape index (κ1) is 16.7. The van der Waals surface area contributed by atoms with Crippen LogP contribution in [0.5, 0.6) is 0 Å². The summed E-state index contributed by atoms with van der Waals surface area (Å²) >= 11 is 1.85. The summed E-state index contributed by atoms with van der Waals surface area (Å²) in [5.41, 5.74) is 7.69. The molecule has 1 aromatic rings. The normalized spacial score (nSPS) is 15.5. The molecule has 0 aliphatic rings. The first-order valence-electron chi connectivity index (χ1n) is 7.36. The second-order valence-corrected chi connectivity index (χ2v) is 7.46. The fraction of sp³-hybridized carbons (Fsp3) is 0.750. The Balaban J connectivity index is 3.01. The topological polar surface area (TPSA) is 29.3 Å². The van der Waals surface area contributed by atoms with Crippen LogP contribution in [0.25, 0.3) is 0 Å². The van der Waals surface area contributed by atoms with Crippen LogP contribution in [0.4, 0.5) is 0 Å². The summed E-state index contributed by atoms with van der Waals surface area (Å²) in [6.45, 7) is 15.7. The predicted molar refractivity (Wildman–Crippen MR) is 86.7 cm³/mol. The summed E-state index contributed by atoms with van der Waals surface area (Å²) in [6, 6.07) is 2.72. The van der Waals surface area contributed by atoms with Crippen molar-refractivity contribution in [2.45, 2.75) is 53.6 Å². The van der Waals surface area contributed by atoms with Crippen LogP contribution in [0.15, 0.2) is 11.4 Å². The van der Waals surface area contributed by atoms with Gasteiger partial charge in [-0.3, -0.25) is 4.90 Å². The number of nitrogens with two attached hydrogens (primary N) is 1. The van der Waals surface area contributed by atoms with Crippen LogP contribution < -0.4 is 5.73 Å². The number of hydrogen-bond acceptors (Lipinski definition) is 3. The number of rotatable bonds is 7. The highest BCUT2D eigenvalue weighted by Crippen LogP contribution is 2.31. The number of aryl methyl sites for hydroxylation is 1. The average Bonchev–Trinajstić information content (AvgIpc) is 2.62. The molecule has 0 saturated carbocycles. The number of thiophene rings is 1. The highest BCUT2D eigenvalue weighted by Gasteiger charge is 2.27. The molecule has 1 heterocycles. The Bertz CT molecular complexity index is 359. The Morgan fingerprint density at radius 1 is 1.11 bits per heavy atom. The van der Waals surface area contributed by atoms with Crippen molar-refractivity contribution in [1.29, 1.82) is 0 Å². The van der Waals surface area contributed by atoms with Gasteiger partial charge >= 0.3 is 0 Å². The number of nitrogens with zero attached hydrogens (tertiary/aromatic N) is 1. The van der Waals surface area contributed by atoms with Crippen molar-refractivity contribution < 1.29 is 0 Å². The van der Waals surface area contributed by atoms with Gasteiger partial charge in [0.2, 0.25) is 0 Å². The van der Waals surface area contributed by atoms with E-state index in [1.807, 2.05) is 11.3 Å². The van der Waals surface area contributed by atoms with E-state index in [-0.39, 0.29) is 6.04 Å². The van der Waals surface area contributed by atoms with E-state index in [0.717, 1.165) is 13.1 Å². The van der Waals surface area contributed by atoms with E-state index in [0.29, 0.717) is 17.9 Å². The molecule has 110 valence electrons. The molecule has 0 amide bonds. The fourth-order valence-corrected chi connectivity index (χ4v) is 3.84. The van der Waals surface area contributed by atoms with E-state index in [4.69, 9.17) is 5.73 Å². The molecule has 2 nitrogen and oxygen atoms in total. The van der Waals surface area contributed by atoms with Crippen LogP contribution in [-0.2, 0) is 0 Å². The summed E-state index contributed by atoms with van der Waals surface area (Å²) < 4.78 is 0. The predicted octanol–water partition coefficient (Wildman–Crippen LogP) is 4.06. The largest absolute Gasteiger partial charge is 0.326 e. The van der Waals surface area contributed by atoms with Gasteiger partial charge in [0.25, 0.3) is 0 Å². The molecular formula is C16H30N2S. The van der Waals surface area contributed by atoms with Crippen molar-refractivity contribution in [2.24, 2.45) is 17.6 Å². The molecule has 1 aromatic heterocycles. The zero-order valence-corrected chi connectivity index (χ0v) is 14.1. The van der Waals surface area contributed by atoms with Crippen molar-refractivity contribution in [1.82, 2.24) is 4.90 Å². The van der Waals surface area contributed by atoms with E-state index in [1.165, 1.54) is 10.4 Å². The van der Waals surface area contributed by atoms with Crippen molar-refractivity contribution in [3.05, 3.63) is 21.9 Å². The molecule has 2 N–H and O–H groups in total. The van der Waals surface area contributed by atoms with Crippen LogP contribution in [0, 0.1) is 18.8 Å². The molecule has 0 bridgehead atoms. The lowest BCUT2D eigenvalue weighted by atomic mass is 10.0. The Morgan fingerprint density at radius 3 is 1.95 bits per heavy atom. The molecule has 0 aromatic carbocycles.